The Morgan fingerprint density at radius 2 is 0.864 bits per heavy atom. The van der Waals surface area contributed by atoms with Crippen molar-refractivity contribution in [2.24, 2.45) is 0 Å². The topological polar surface area (TPSA) is 68.3 Å². The Labute approximate surface area is 135 Å². The molecular weight excluding hydrogens is 280 g/mol. The number of carbonyl (C=O) groups is 4. The van der Waals surface area contributed by atoms with E-state index in [4.69, 9.17) is 0 Å². The quantitative estimate of drug-likeness (QED) is 0.541. The Hall–Kier alpha value is -1.32. The summed E-state index contributed by atoms with van der Waals surface area (Å²) in [5.74, 6) is 0.661. The highest BCUT2D eigenvalue weighted by Crippen LogP contribution is 2.01. The summed E-state index contributed by atoms with van der Waals surface area (Å²) in [7, 11) is 0. The van der Waals surface area contributed by atoms with Crippen LogP contribution in [0.25, 0.3) is 0 Å². The van der Waals surface area contributed by atoms with E-state index in [1.54, 1.807) is 0 Å². The maximum absolute atomic E-state index is 11.0. The molecule has 4 heteroatoms. The van der Waals surface area contributed by atoms with Crippen molar-refractivity contribution in [2.75, 3.05) is 0 Å². The summed E-state index contributed by atoms with van der Waals surface area (Å²) in [5.41, 5.74) is 0. The van der Waals surface area contributed by atoms with Crippen LogP contribution in [-0.2, 0) is 19.2 Å². The molecule has 0 aliphatic rings. The van der Waals surface area contributed by atoms with Crippen LogP contribution in [0.5, 0.6) is 0 Å². The predicted molar refractivity (Wildman–Crippen MR) is 88.9 cm³/mol. The number of Topliss-reactive ketones (excluding diaryl/α,β-unsaturated/α-hetero) is 4. The van der Waals surface area contributed by atoms with Crippen molar-refractivity contribution in [3.05, 3.63) is 0 Å². The second kappa shape index (κ2) is 16.1. The number of ketones is 4. The standard InChI is InChI=1S/2C9H16O2/c2*1-3-4-5-9(11)7-6-8(2)10/h2*3-7H2,1-2H3. The predicted octanol–water partition coefficient (Wildman–Crippen LogP) is 4.23. The van der Waals surface area contributed by atoms with E-state index < -0.39 is 0 Å². The lowest BCUT2D eigenvalue weighted by molar-refractivity contribution is -0.123. The van der Waals surface area contributed by atoms with Gasteiger partial charge in [0.15, 0.2) is 0 Å². The molecule has 128 valence electrons. The van der Waals surface area contributed by atoms with Gasteiger partial charge in [0, 0.05) is 38.5 Å². The zero-order valence-electron chi connectivity index (χ0n) is 14.7. The van der Waals surface area contributed by atoms with Crippen LogP contribution in [0.1, 0.15) is 91.9 Å². The van der Waals surface area contributed by atoms with Crippen LogP contribution in [0.15, 0.2) is 0 Å². The molecule has 0 fully saturated rings. The number of hydrogen-bond donors (Lipinski definition) is 0. The molecule has 0 heterocycles. The maximum Gasteiger partial charge on any atom is 0.133 e. The van der Waals surface area contributed by atoms with Crippen molar-refractivity contribution >= 4 is 23.1 Å². The maximum atomic E-state index is 11.0. The first kappa shape index (κ1) is 23.0. The summed E-state index contributed by atoms with van der Waals surface area (Å²) in [6.07, 6.45) is 7.01. The summed E-state index contributed by atoms with van der Waals surface area (Å²) >= 11 is 0. The molecule has 0 aromatic rings. The van der Waals surface area contributed by atoms with Gasteiger partial charge < -0.3 is 9.59 Å². The monoisotopic (exact) mass is 312 g/mol. The fourth-order valence-corrected chi connectivity index (χ4v) is 1.63. The van der Waals surface area contributed by atoms with Gasteiger partial charge in [0.25, 0.3) is 0 Å². The van der Waals surface area contributed by atoms with Crippen molar-refractivity contribution in [2.45, 2.75) is 91.9 Å². The molecule has 0 rings (SSSR count). The molecule has 0 N–H and O–H groups in total. The second-order valence-electron chi connectivity index (χ2n) is 5.69. The van der Waals surface area contributed by atoms with E-state index in [0.29, 0.717) is 38.5 Å². The minimum absolute atomic E-state index is 0.106. The van der Waals surface area contributed by atoms with Gasteiger partial charge in [-0.1, -0.05) is 26.7 Å². The fourth-order valence-electron chi connectivity index (χ4n) is 1.63. The van der Waals surface area contributed by atoms with E-state index in [1.807, 2.05) is 0 Å². The number of carbonyl (C=O) groups excluding carboxylic acids is 4. The minimum atomic E-state index is 0.106. The Morgan fingerprint density at radius 3 is 1.09 bits per heavy atom. The summed E-state index contributed by atoms with van der Waals surface area (Å²) in [5, 5.41) is 0. The average Bonchev–Trinajstić information content (AvgIpc) is 2.47. The normalized spacial score (nSPS) is 9.64. The molecule has 0 spiro atoms. The SMILES string of the molecule is CCCCC(=O)CCC(C)=O.CCCCC(=O)CCC(C)=O. The van der Waals surface area contributed by atoms with Gasteiger partial charge in [-0.2, -0.15) is 0 Å². The first-order valence-electron chi connectivity index (χ1n) is 8.35. The first-order chi connectivity index (χ1) is 10.3. The van der Waals surface area contributed by atoms with Gasteiger partial charge in [0.05, 0.1) is 0 Å². The van der Waals surface area contributed by atoms with Crippen LogP contribution >= 0.6 is 0 Å². The van der Waals surface area contributed by atoms with Crippen LogP contribution in [0.3, 0.4) is 0 Å². The molecule has 0 bridgehead atoms. The molecule has 0 amide bonds. The van der Waals surface area contributed by atoms with Crippen molar-refractivity contribution in [3.63, 3.8) is 0 Å². The van der Waals surface area contributed by atoms with E-state index >= 15 is 0 Å². The number of hydrogen-bond acceptors (Lipinski definition) is 4. The summed E-state index contributed by atoms with van der Waals surface area (Å²) in [6, 6.07) is 0. The highest BCUT2D eigenvalue weighted by molar-refractivity contribution is 5.85. The van der Waals surface area contributed by atoms with E-state index in [1.165, 1.54) is 13.8 Å². The molecule has 0 saturated carbocycles. The van der Waals surface area contributed by atoms with Crippen molar-refractivity contribution in [1.29, 1.82) is 0 Å². The van der Waals surface area contributed by atoms with Crippen molar-refractivity contribution in [3.8, 4) is 0 Å². The summed E-state index contributed by atoms with van der Waals surface area (Å²) in [6.45, 7) is 7.15. The number of rotatable bonds is 12. The third kappa shape index (κ3) is 21.0. The molecule has 4 nitrogen and oxygen atoms in total. The van der Waals surface area contributed by atoms with Crippen LogP contribution in [0.2, 0.25) is 0 Å². The molecule has 0 aromatic heterocycles. The zero-order valence-corrected chi connectivity index (χ0v) is 14.7. The molecule has 0 saturated heterocycles. The number of unbranched alkanes of at least 4 members (excludes halogenated alkanes) is 2. The molecule has 0 aliphatic carbocycles. The average molecular weight is 312 g/mol. The highest BCUT2D eigenvalue weighted by Gasteiger charge is 2.02. The lowest BCUT2D eigenvalue weighted by atomic mass is 10.1. The van der Waals surface area contributed by atoms with Gasteiger partial charge in [-0.25, -0.2) is 0 Å². The molecular formula is C18H32O4. The first-order valence-corrected chi connectivity index (χ1v) is 8.35. The Bertz CT molecular complexity index is 311. The van der Waals surface area contributed by atoms with E-state index in [2.05, 4.69) is 13.8 Å². The Balaban J connectivity index is 0. The minimum Gasteiger partial charge on any atom is -0.300 e. The van der Waals surface area contributed by atoms with Gasteiger partial charge >= 0.3 is 0 Å². The second-order valence-corrected chi connectivity index (χ2v) is 5.69. The molecule has 0 atom stereocenters. The van der Waals surface area contributed by atoms with Gasteiger partial charge in [-0.3, -0.25) is 9.59 Å². The summed E-state index contributed by atoms with van der Waals surface area (Å²) < 4.78 is 0. The third-order valence-corrected chi connectivity index (χ3v) is 3.13. The molecule has 0 unspecified atom stereocenters. The van der Waals surface area contributed by atoms with E-state index in [0.717, 1.165) is 25.7 Å². The smallest absolute Gasteiger partial charge is 0.133 e. The van der Waals surface area contributed by atoms with Crippen molar-refractivity contribution in [1.82, 2.24) is 0 Å². The van der Waals surface area contributed by atoms with E-state index in [9.17, 15) is 19.2 Å². The summed E-state index contributed by atoms with van der Waals surface area (Å²) in [4.78, 5) is 42.8. The molecule has 0 aliphatic heterocycles. The lowest BCUT2D eigenvalue weighted by Crippen LogP contribution is -2.00. The van der Waals surface area contributed by atoms with Gasteiger partial charge in [-0.15, -0.1) is 0 Å². The molecule has 0 radical (unpaired) electrons. The third-order valence-electron chi connectivity index (χ3n) is 3.13. The molecule has 0 aromatic carbocycles. The van der Waals surface area contributed by atoms with E-state index in [-0.39, 0.29) is 23.1 Å². The van der Waals surface area contributed by atoms with Gasteiger partial charge in [0.1, 0.15) is 23.1 Å². The van der Waals surface area contributed by atoms with Crippen LogP contribution in [0.4, 0.5) is 0 Å². The van der Waals surface area contributed by atoms with Crippen LogP contribution in [0, 0.1) is 0 Å². The fraction of sp³-hybridized carbons (Fsp3) is 0.778. The molecule has 22 heavy (non-hydrogen) atoms. The van der Waals surface area contributed by atoms with Crippen molar-refractivity contribution < 1.29 is 19.2 Å². The highest BCUT2D eigenvalue weighted by atomic mass is 16.1. The largest absolute Gasteiger partial charge is 0.300 e. The van der Waals surface area contributed by atoms with Gasteiger partial charge in [-0.05, 0) is 26.7 Å². The lowest BCUT2D eigenvalue weighted by Gasteiger charge is -1.96. The van der Waals surface area contributed by atoms with Gasteiger partial charge in [0.2, 0.25) is 0 Å². The Kier molecular flexibility index (Phi) is 16.8. The van der Waals surface area contributed by atoms with Crippen LogP contribution in [-0.4, -0.2) is 23.1 Å². The van der Waals surface area contributed by atoms with Crippen LogP contribution < -0.4 is 0 Å². The Morgan fingerprint density at radius 1 is 0.545 bits per heavy atom. The zero-order chi connectivity index (χ0) is 17.4.